The molecule has 0 atom stereocenters. The van der Waals surface area contributed by atoms with Crippen molar-refractivity contribution in [3.8, 4) is 0 Å². The number of hydrogen-bond donors (Lipinski definition) is 0. The standard InChI is InChI=1S/C25H29FN2O4S/c1-3-31-14-5-13-27(25(30)23-6-4-15-33-23)18-24(29)28(17-22-12-7-19(2)32-22)16-20-8-10-21(26)11-9-20/h4,6-12,15H,3,5,13-14,16-18H2,1-2H3. The molecule has 0 spiro atoms. The fourth-order valence-electron chi connectivity index (χ4n) is 3.37. The van der Waals surface area contributed by atoms with Crippen molar-refractivity contribution >= 4 is 23.2 Å². The molecule has 0 aliphatic carbocycles. The molecule has 0 unspecified atom stereocenters. The highest BCUT2D eigenvalue weighted by atomic mass is 32.1. The number of nitrogens with zero attached hydrogens (tertiary/aromatic N) is 2. The molecule has 33 heavy (non-hydrogen) atoms. The fourth-order valence-corrected chi connectivity index (χ4v) is 4.07. The van der Waals surface area contributed by atoms with Gasteiger partial charge in [-0.25, -0.2) is 4.39 Å². The summed E-state index contributed by atoms with van der Waals surface area (Å²) in [4.78, 5) is 30.2. The maximum Gasteiger partial charge on any atom is 0.264 e. The quantitative estimate of drug-likeness (QED) is 0.352. The maximum atomic E-state index is 13.4. The lowest BCUT2D eigenvalue weighted by Crippen LogP contribution is -2.43. The Hall–Kier alpha value is -2.97. The molecular formula is C25H29FN2O4S. The normalized spacial score (nSPS) is 10.9. The summed E-state index contributed by atoms with van der Waals surface area (Å²) >= 11 is 1.35. The number of thiophene rings is 1. The lowest BCUT2D eigenvalue weighted by molar-refractivity contribution is -0.133. The van der Waals surface area contributed by atoms with Gasteiger partial charge in [0.15, 0.2) is 0 Å². The summed E-state index contributed by atoms with van der Waals surface area (Å²) in [5.74, 6) is 0.681. The zero-order chi connectivity index (χ0) is 23.6. The summed E-state index contributed by atoms with van der Waals surface area (Å²) in [7, 11) is 0. The van der Waals surface area contributed by atoms with Crippen LogP contribution in [0.25, 0.3) is 0 Å². The van der Waals surface area contributed by atoms with E-state index in [0.717, 1.165) is 11.3 Å². The minimum Gasteiger partial charge on any atom is -0.464 e. The zero-order valence-corrected chi connectivity index (χ0v) is 19.8. The Kier molecular flexibility index (Phi) is 9.21. The number of amides is 2. The summed E-state index contributed by atoms with van der Waals surface area (Å²) in [6.45, 7) is 5.76. The number of ether oxygens (including phenoxy) is 1. The van der Waals surface area contributed by atoms with Crippen LogP contribution in [0.2, 0.25) is 0 Å². The maximum absolute atomic E-state index is 13.4. The number of rotatable bonds is 12. The molecule has 6 nitrogen and oxygen atoms in total. The largest absolute Gasteiger partial charge is 0.464 e. The van der Waals surface area contributed by atoms with Crippen LogP contribution >= 0.6 is 11.3 Å². The molecule has 8 heteroatoms. The highest BCUT2D eigenvalue weighted by molar-refractivity contribution is 7.12. The van der Waals surface area contributed by atoms with Crippen molar-refractivity contribution in [2.45, 2.75) is 33.4 Å². The molecular weight excluding hydrogens is 443 g/mol. The smallest absolute Gasteiger partial charge is 0.264 e. The summed E-state index contributed by atoms with van der Waals surface area (Å²) in [6.07, 6.45) is 0.633. The first-order valence-corrected chi connectivity index (χ1v) is 11.8. The molecule has 0 fully saturated rings. The van der Waals surface area contributed by atoms with E-state index >= 15 is 0 Å². The number of carbonyl (C=O) groups is 2. The molecule has 2 amide bonds. The van der Waals surface area contributed by atoms with Crippen molar-refractivity contribution in [1.29, 1.82) is 0 Å². The molecule has 0 saturated carbocycles. The topological polar surface area (TPSA) is 63.0 Å². The van der Waals surface area contributed by atoms with Gasteiger partial charge in [0.05, 0.1) is 11.4 Å². The van der Waals surface area contributed by atoms with Crippen LogP contribution in [0.3, 0.4) is 0 Å². The first-order chi connectivity index (χ1) is 16.0. The van der Waals surface area contributed by atoms with Gasteiger partial charge in [-0.3, -0.25) is 9.59 Å². The fraction of sp³-hybridized carbons (Fsp3) is 0.360. The second-order valence-electron chi connectivity index (χ2n) is 7.64. The Morgan fingerprint density at radius 3 is 2.48 bits per heavy atom. The van der Waals surface area contributed by atoms with Crippen molar-refractivity contribution < 1.29 is 23.1 Å². The molecule has 2 heterocycles. The lowest BCUT2D eigenvalue weighted by atomic mass is 10.2. The molecule has 1 aromatic carbocycles. The third kappa shape index (κ3) is 7.54. The van der Waals surface area contributed by atoms with Gasteiger partial charge in [0.2, 0.25) is 5.91 Å². The summed E-state index contributed by atoms with van der Waals surface area (Å²) in [5.41, 5.74) is 0.792. The lowest BCUT2D eigenvalue weighted by Gasteiger charge is -2.27. The summed E-state index contributed by atoms with van der Waals surface area (Å²) in [5, 5.41) is 1.84. The van der Waals surface area contributed by atoms with E-state index < -0.39 is 0 Å². The van der Waals surface area contributed by atoms with Crippen LogP contribution in [0.4, 0.5) is 4.39 Å². The van der Waals surface area contributed by atoms with E-state index in [9.17, 15) is 14.0 Å². The minimum atomic E-state index is -0.333. The zero-order valence-electron chi connectivity index (χ0n) is 19.0. The predicted molar refractivity (Wildman–Crippen MR) is 125 cm³/mol. The predicted octanol–water partition coefficient (Wildman–Crippen LogP) is 4.89. The van der Waals surface area contributed by atoms with Crippen LogP contribution in [-0.2, 0) is 22.6 Å². The van der Waals surface area contributed by atoms with Gasteiger partial charge in [-0.1, -0.05) is 18.2 Å². The first kappa shape index (κ1) is 24.7. The molecule has 0 aliphatic heterocycles. The minimum absolute atomic E-state index is 0.0657. The van der Waals surface area contributed by atoms with Crippen LogP contribution in [0.5, 0.6) is 0 Å². The molecule has 0 N–H and O–H groups in total. The number of halogens is 1. The molecule has 2 aromatic heterocycles. The second kappa shape index (κ2) is 12.3. The Labute approximate surface area is 197 Å². The number of benzene rings is 1. The summed E-state index contributed by atoms with van der Waals surface area (Å²) < 4.78 is 24.4. The highest BCUT2D eigenvalue weighted by Crippen LogP contribution is 2.16. The van der Waals surface area contributed by atoms with Gasteiger partial charge in [-0.05, 0) is 61.5 Å². The van der Waals surface area contributed by atoms with Crippen LogP contribution in [0.1, 0.15) is 40.1 Å². The van der Waals surface area contributed by atoms with E-state index in [1.165, 1.54) is 23.5 Å². The molecule has 0 saturated heterocycles. The second-order valence-corrected chi connectivity index (χ2v) is 8.59. The van der Waals surface area contributed by atoms with Gasteiger partial charge in [0.25, 0.3) is 5.91 Å². The molecule has 0 bridgehead atoms. The van der Waals surface area contributed by atoms with Gasteiger partial charge in [0, 0.05) is 26.3 Å². The van der Waals surface area contributed by atoms with Gasteiger partial charge in [-0.2, -0.15) is 0 Å². The number of furan rings is 1. The molecule has 176 valence electrons. The van der Waals surface area contributed by atoms with Crippen LogP contribution in [-0.4, -0.2) is 47.9 Å². The van der Waals surface area contributed by atoms with E-state index in [-0.39, 0.29) is 37.3 Å². The average molecular weight is 473 g/mol. The van der Waals surface area contributed by atoms with Crippen molar-refractivity contribution in [3.63, 3.8) is 0 Å². The highest BCUT2D eigenvalue weighted by Gasteiger charge is 2.24. The van der Waals surface area contributed by atoms with E-state index in [0.29, 0.717) is 36.8 Å². The monoisotopic (exact) mass is 472 g/mol. The van der Waals surface area contributed by atoms with Crippen molar-refractivity contribution in [2.24, 2.45) is 0 Å². The molecule has 0 radical (unpaired) electrons. The Morgan fingerprint density at radius 2 is 1.85 bits per heavy atom. The van der Waals surface area contributed by atoms with Gasteiger partial charge in [0.1, 0.15) is 23.9 Å². The van der Waals surface area contributed by atoms with Crippen molar-refractivity contribution in [1.82, 2.24) is 9.80 Å². The van der Waals surface area contributed by atoms with E-state index in [2.05, 4.69) is 0 Å². The average Bonchev–Trinajstić information content (AvgIpc) is 3.48. The third-order valence-corrected chi connectivity index (χ3v) is 5.91. The van der Waals surface area contributed by atoms with E-state index in [4.69, 9.17) is 9.15 Å². The first-order valence-electron chi connectivity index (χ1n) is 10.9. The molecule has 3 aromatic rings. The molecule has 0 aliphatic rings. The molecule has 3 rings (SSSR count). The Bertz CT molecular complexity index is 1020. The van der Waals surface area contributed by atoms with Gasteiger partial charge < -0.3 is 19.0 Å². The van der Waals surface area contributed by atoms with Crippen LogP contribution < -0.4 is 0 Å². The SMILES string of the molecule is CCOCCCN(CC(=O)N(Cc1ccc(F)cc1)Cc1ccc(C)o1)C(=O)c1cccs1. The van der Waals surface area contributed by atoms with Gasteiger partial charge in [-0.15, -0.1) is 11.3 Å². The number of carbonyl (C=O) groups excluding carboxylic acids is 2. The van der Waals surface area contributed by atoms with E-state index in [1.54, 1.807) is 28.0 Å². The van der Waals surface area contributed by atoms with Crippen LogP contribution in [0.15, 0.2) is 58.3 Å². The summed E-state index contributed by atoms with van der Waals surface area (Å²) in [6, 6.07) is 13.3. The Balaban J connectivity index is 1.76. The number of hydrogen-bond acceptors (Lipinski definition) is 5. The van der Waals surface area contributed by atoms with E-state index in [1.807, 2.05) is 37.4 Å². The van der Waals surface area contributed by atoms with Gasteiger partial charge >= 0.3 is 0 Å². The third-order valence-electron chi connectivity index (χ3n) is 5.05. The number of aryl methyl sites for hydroxylation is 1. The van der Waals surface area contributed by atoms with Crippen LogP contribution in [0, 0.1) is 12.7 Å². The van der Waals surface area contributed by atoms with Crippen molar-refractivity contribution in [2.75, 3.05) is 26.3 Å². The van der Waals surface area contributed by atoms with Crippen molar-refractivity contribution in [3.05, 3.63) is 81.7 Å². The Morgan fingerprint density at radius 1 is 1.06 bits per heavy atom.